The number of nitrogens with zero attached hydrogens (tertiary/aromatic N) is 2. The second-order valence-corrected chi connectivity index (χ2v) is 4.22. The molecular formula is C13H17N2O. The van der Waals surface area contributed by atoms with E-state index in [2.05, 4.69) is 30.4 Å². The second kappa shape index (κ2) is 4.58. The summed E-state index contributed by atoms with van der Waals surface area (Å²) in [5.74, 6) is 0.895. The normalized spacial score (nSPS) is 13.4. The van der Waals surface area contributed by atoms with Gasteiger partial charge < -0.3 is 9.64 Å². The Bertz CT molecular complexity index is 410. The molecule has 0 aliphatic carbocycles. The van der Waals surface area contributed by atoms with E-state index >= 15 is 0 Å². The van der Waals surface area contributed by atoms with Gasteiger partial charge >= 0.3 is 0 Å². The predicted molar refractivity (Wildman–Crippen MR) is 65.9 cm³/mol. The molecule has 3 heteroatoms. The van der Waals surface area contributed by atoms with Gasteiger partial charge in [0.25, 0.3) is 0 Å². The van der Waals surface area contributed by atoms with E-state index in [0.29, 0.717) is 0 Å². The van der Waals surface area contributed by atoms with Crippen LogP contribution in [0.25, 0.3) is 5.57 Å². The van der Waals surface area contributed by atoms with Crippen molar-refractivity contribution in [2.75, 3.05) is 27.7 Å². The van der Waals surface area contributed by atoms with Crippen molar-refractivity contribution in [3.63, 3.8) is 0 Å². The van der Waals surface area contributed by atoms with Crippen LogP contribution in [-0.2, 0) is 0 Å². The molecule has 0 aromatic heterocycles. The second-order valence-electron chi connectivity index (χ2n) is 4.22. The SMILES string of the molecule is COc1ccc2c(c1)C(CCN(C)C)=C[N]2. The van der Waals surface area contributed by atoms with Crippen molar-refractivity contribution in [1.29, 1.82) is 0 Å². The van der Waals surface area contributed by atoms with E-state index < -0.39 is 0 Å². The summed E-state index contributed by atoms with van der Waals surface area (Å²) in [5.41, 5.74) is 3.55. The van der Waals surface area contributed by atoms with Gasteiger partial charge in [-0.3, -0.25) is 5.32 Å². The first-order valence-electron chi connectivity index (χ1n) is 5.44. The molecule has 0 fully saturated rings. The Balaban J connectivity index is 2.16. The highest BCUT2D eigenvalue weighted by Crippen LogP contribution is 2.34. The van der Waals surface area contributed by atoms with E-state index in [1.54, 1.807) is 7.11 Å². The van der Waals surface area contributed by atoms with Crippen LogP contribution in [0.1, 0.15) is 12.0 Å². The molecule has 85 valence electrons. The minimum Gasteiger partial charge on any atom is -0.497 e. The van der Waals surface area contributed by atoms with Gasteiger partial charge in [0.2, 0.25) is 0 Å². The van der Waals surface area contributed by atoms with Crippen LogP contribution < -0.4 is 10.1 Å². The highest BCUT2D eigenvalue weighted by Gasteiger charge is 2.15. The van der Waals surface area contributed by atoms with Crippen molar-refractivity contribution >= 4 is 11.3 Å². The summed E-state index contributed by atoms with van der Waals surface area (Å²) in [7, 11) is 5.86. The van der Waals surface area contributed by atoms with E-state index in [-0.39, 0.29) is 0 Å². The lowest BCUT2D eigenvalue weighted by molar-refractivity contribution is 0.414. The molecule has 1 aromatic rings. The molecule has 0 bridgehead atoms. The Labute approximate surface area is 96.7 Å². The lowest BCUT2D eigenvalue weighted by Gasteiger charge is -2.10. The van der Waals surface area contributed by atoms with Crippen LogP contribution in [0.3, 0.4) is 0 Å². The van der Waals surface area contributed by atoms with Gasteiger partial charge in [0.05, 0.1) is 12.8 Å². The maximum Gasteiger partial charge on any atom is 0.119 e. The Hall–Kier alpha value is -1.48. The Kier molecular flexibility index (Phi) is 3.15. The quantitative estimate of drug-likeness (QED) is 0.773. The molecule has 0 unspecified atom stereocenters. The molecule has 1 aliphatic rings. The van der Waals surface area contributed by atoms with E-state index in [0.717, 1.165) is 24.4 Å². The number of hydrogen-bond donors (Lipinski definition) is 0. The molecule has 1 heterocycles. The summed E-state index contributed by atoms with van der Waals surface area (Å²) >= 11 is 0. The minimum absolute atomic E-state index is 0.895. The lowest BCUT2D eigenvalue weighted by Crippen LogP contribution is -2.12. The first kappa shape index (κ1) is 11.0. The average Bonchev–Trinajstić information content (AvgIpc) is 2.68. The molecule has 1 radical (unpaired) electrons. The van der Waals surface area contributed by atoms with Crippen LogP contribution in [0.5, 0.6) is 5.75 Å². The van der Waals surface area contributed by atoms with Gasteiger partial charge in [-0.15, -0.1) is 0 Å². The van der Waals surface area contributed by atoms with Gasteiger partial charge in [-0.25, -0.2) is 0 Å². The Morgan fingerprint density at radius 3 is 2.81 bits per heavy atom. The minimum atomic E-state index is 0.895. The molecule has 0 atom stereocenters. The summed E-state index contributed by atoms with van der Waals surface area (Å²) in [6.45, 7) is 1.04. The number of ether oxygens (including phenoxy) is 1. The first-order valence-corrected chi connectivity index (χ1v) is 5.44. The summed E-state index contributed by atoms with van der Waals surface area (Å²) in [6, 6.07) is 6.02. The molecule has 16 heavy (non-hydrogen) atoms. The summed E-state index contributed by atoms with van der Waals surface area (Å²) in [4.78, 5) is 2.18. The highest BCUT2D eigenvalue weighted by atomic mass is 16.5. The molecule has 3 nitrogen and oxygen atoms in total. The molecular weight excluding hydrogens is 200 g/mol. The average molecular weight is 217 g/mol. The zero-order chi connectivity index (χ0) is 11.5. The third-order valence-corrected chi connectivity index (χ3v) is 2.74. The monoisotopic (exact) mass is 217 g/mol. The first-order chi connectivity index (χ1) is 7.70. The molecule has 0 saturated carbocycles. The summed E-state index contributed by atoms with van der Waals surface area (Å²) in [6.07, 6.45) is 2.99. The van der Waals surface area contributed by atoms with E-state index in [9.17, 15) is 0 Å². The molecule has 0 saturated heterocycles. The van der Waals surface area contributed by atoms with Gasteiger partial charge in [-0.05, 0) is 44.3 Å². The number of fused-ring (bicyclic) bond motifs is 1. The smallest absolute Gasteiger partial charge is 0.119 e. The maximum atomic E-state index is 5.23. The van der Waals surface area contributed by atoms with Crippen LogP contribution in [-0.4, -0.2) is 32.6 Å². The summed E-state index contributed by atoms with van der Waals surface area (Å²) < 4.78 is 5.23. The maximum absolute atomic E-state index is 5.23. The fourth-order valence-corrected chi connectivity index (χ4v) is 1.77. The van der Waals surface area contributed by atoms with Crippen molar-refractivity contribution < 1.29 is 4.74 Å². The fourth-order valence-electron chi connectivity index (χ4n) is 1.77. The van der Waals surface area contributed by atoms with Crippen molar-refractivity contribution in [3.8, 4) is 5.75 Å². The molecule has 0 spiro atoms. The topological polar surface area (TPSA) is 26.6 Å². The zero-order valence-electron chi connectivity index (χ0n) is 10.0. The fraction of sp³-hybridized carbons (Fsp3) is 0.385. The van der Waals surface area contributed by atoms with Gasteiger partial charge in [0.1, 0.15) is 5.75 Å². The van der Waals surface area contributed by atoms with E-state index in [1.807, 2.05) is 18.3 Å². The third kappa shape index (κ3) is 2.19. The van der Waals surface area contributed by atoms with Crippen LogP contribution in [0.15, 0.2) is 24.4 Å². The van der Waals surface area contributed by atoms with Crippen LogP contribution >= 0.6 is 0 Å². The van der Waals surface area contributed by atoms with E-state index in [1.165, 1.54) is 11.1 Å². The van der Waals surface area contributed by atoms with Crippen molar-refractivity contribution in [3.05, 3.63) is 30.0 Å². The predicted octanol–water partition coefficient (Wildman–Crippen LogP) is 2.24. The van der Waals surface area contributed by atoms with Crippen molar-refractivity contribution in [2.24, 2.45) is 0 Å². The standard InChI is InChI=1S/C13H17N2O/c1-15(2)7-6-10-9-14-13-5-4-11(16-3)8-12(10)13/h4-5,8-9H,6-7H2,1-3H3. The lowest BCUT2D eigenvalue weighted by atomic mass is 10.0. The van der Waals surface area contributed by atoms with Crippen LogP contribution in [0, 0.1) is 0 Å². The van der Waals surface area contributed by atoms with Gasteiger partial charge in [-0.2, -0.15) is 0 Å². The largest absolute Gasteiger partial charge is 0.497 e. The highest BCUT2D eigenvalue weighted by molar-refractivity contribution is 5.80. The van der Waals surface area contributed by atoms with Crippen molar-refractivity contribution in [2.45, 2.75) is 6.42 Å². The molecule has 1 aromatic carbocycles. The summed E-state index contributed by atoms with van der Waals surface area (Å²) in [5, 5.41) is 4.40. The Morgan fingerprint density at radius 1 is 1.31 bits per heavy atom. The third-order valence-electron chi connectivity index (χ3n) is 2.74. The van der Waals surface area contributed by atoms with Gasteiger partial charge in [-0.1, -0.05) is 0 Å². The number of rotatable bonds is 4. The molecule has 2 rings (SSSR count). The van der Waals surface area contributed by atoms with Crippen molar-refractivity contribution in [1.82, 2.24) is 10.2 Å². The van der Waals surface area contributed by atoms with Gasteiger partial charge in [0, 0.05) is 18.3 Å². The number of methoxy groups -OCH3 is 1. The zero-order valence-corrected chi connectivity index (χ0v) is 10.0. The molecule has 1 aliphatic heterocycles. The number of benzene rings is 1. The van der Waals surface area contributed by atoms with Crippen LogP contribution in [0.2, 0.25) is 0 Å². The number of hydrogen-bond acceptors (Lipinski definition) is 2. The molecule has 0 N–H and O–H groups in total. The van der Waals surface area contributed by atoms with E-state index in [4.69, 9.17) is 4.74 Å². The van der Waals surface area contributed by atoms with Gasteiger partial charge in [0.15, 0.2) is 0 Å². The Morgan fingerprint density at radius 2 is 2.12 bits per heavy atom. The van der Waals surface area contributed by atoms with Crippen LogP contribution in [0.4, 0.5) is 5.69 Å². The molecule has 0 amide bonds.